The van der Waals surface area contributed by atoms with Crippen molar-refractivity contribution in [3.63, 3.8) is 0 Å². The van der Waals surface area contributed by atoms with Gasteiger partial charge in [-0.3, -0.25) is 0 Å². The van der Waals surface area contributed by atoms with E-state index in [9.17, 15) is 0 Å². The summed E-state index contributed by atoms with van der Waals surface area (Å²) in [5, 5.41) is 9.01. The molecule has 1 aliphatic carbocycles. The molecule has 1 heteroatoms. The maximum atomic E-state index is 9.01. The maximum Gasteiger partial charge on any atom is 0.0645 e. The standard InChI is InChI=1S/C11H18O/c1-8(2)11-5-9(3)4-10(6-11)7-12/h5-6,8-9,12H,4,7H2,1-3H3. The molecule has 0 spiro atoms. The second kappa shape index (κ2) is 3.90. The van der Waals surface area contributed by atoms with Gasteiger partial charge >= 0.3 is 0 Å². The first-order valence-corrected chi connectivity index (χ1v) is 4.65. The predicted molar refractivity (Wildman–Crippen MR) is 51.9 cm³/mol. The van der Waals surface area contributed by atoms with Crippen LogP contribution in [0.25, 0.3) is 0 Å². The van der Waals surface area contributed by atoms with Crippen LogP contribution in [0.1, 0.15) is 27.2 Å². The number of hydrogen-bond acceptors (Lipinski definition) is 1. The lowest BCUT2D eigenvalue weighted by Gasteiger charge is -2.19. The fraction of sp³-hybridized carbons (Fsp3) is 0.636. The van der Waals surface area contributed by atoms with Crippen molar-refractivity contribution in [3.8, 4) is 0 Å². The van der Waals surface area contributed by atoms with Gasteiger partial charge in [0.05, 0.1) is 6.61 Å². The van der Waals surface area contributed by atoms with Gasteiger partial charge in [0.2, 0.25) is 0 Å². The molecule has 1 unspecified atom stereocenters. The SMILES string of the molecule is CC1C=C(C(C)C)C=C(CO)C1. The molecule has 1 atom stereocenters. The van der Waals surface area contributed by atoms with Crippen LogP contribution >= 0.6 is 0 Å². The molecule has 0 radical (unpaired) electrons. The van der Waals surface area contributed by atoms with Crippen LogP contribution in [0.4, 0.5) is 0 Å². The van der Waals surface area contributed by atoms with Gasteiger partial charge in [-0.25, -0.2) is 0 Å². The molecule has 1 rings (SSSR count). The molecule has 0 saturated heterocycles. The van der Waals surface area contributed by atoms with Crippen LogP contribution in [0.15, 0.2) is 23.3 Å². The lowest BCUT2D eigenvalue weighted by Crippen LogP contribution is -2.07. The molecule has 1 nitrogen and oxygen atoms in total. The summed E-state index contributed by atoms with van der Waals surface area (Å²) in [6, 6.07) is 0. The lowest BCUT2D eigenvalue weighted by molar-refractivity contribution is 0.322. The Bertz CT molecular complexity index is 211. The van der Waals surface area contributed by atoms with E-state index < -0.39 is 0 Å². The smallest absolute Gasteiger partial charge is 0.0645 e. The summed E-state index contributed by atoms with van der Waals surface area (Å²) in [5.41, 5.74) is 2.55. The largest absolute Gasteiger partial charge is 0.392 e. The summed E-state index contributed by atoms with van der Waals surface area (Å²) < 4.78 is 0. The van der Waals surface area contributed by atoms with Crippen LogP contribution in [0.5, 0.6) is 0 Å². The normalized spacial score (nSPS) is 23.9. The summed E-state index contributed by atoms with van der Waals surface area (Å²) in [6.45, 7) is 6.80. The minimum atomic E-state index is 0.217. The second-order valence-electron chi connectivity index (χ2n) is 3.96. The lowest BCUT2D eigenvalue weighted by atomic mass is 9.87. The van der Waals surface area contributed by atoms with E-state index in [1.807, 2.05) is 0 Å². The quantitative estimate of drug-likeness (QED) is 0.668. The van der Waals surface area contributed by atoms with E-state index in [-0.39, 0.29) is 6.61 Å². The van der Waals surface area contributed by atoms with E-state index in [1.165, 1.54) is 11.1 Å². The van der Waals surface area contributed by atoms with Gasteiger partial charge in [0.25, 0.3) is 0 Å². The van der Waals surface area contributed by atoms with E-state index in [0.29, 0.717) is 11.8 Å². The van der Waals surface area contributed by atoms with Crippen LogP contribution in [0, 0.1) is 11.8 Å². The monoisotopic (exact) mass is 166 g/mol. The highest BCUT2D eigenvalue weighted by atomic mass is 16.3. The van der Waals surface area contributed by atoms with Crippen molar-refractivity contribution >= 4 is 0 Å². The van der Waals surface area contributed by atoms with E-state index in [4.69, 9.17) is 5.11 Å². The fourth-order valence-corrected chi connectivity index (χ4v) is 1.61. The van der Waals surface area contributed by atoms with Crippen molar-refractivity contribution in [2.45, 2.75) is 27.2 Å². The highest BCUT2D eigenvalue weighted by molar-refractivity contribution is 5.30. The number of rotatable bonds is 2. The number of allylic oxidation sites excluding steroid dienone is 3. The van der Waals surface area contributed by atoms with Crippen LogP contribution in [-0.2, 0) is 0 Å². The molecular formula is C11H18O. The molecule has 68 valence electrons. The van der Waals surface area contributed by atoms with E-state index >= 15 is 0 Å². The van der Waals surface area contributed by atoms with Crippen molar-refractivity contribution in [2.75, 3.05) is 6.61 Å². The average Bonchev–Trinajstić information content (AvgIpc) is 2.03. The summed E-state index contributed by atoms with van der Waals surface area (Å²) in [5.74, 6) is 1.17. The van der Waals surface area contributed by atoms with Gasteiger partial charge in [0.1, 0.15) is 0 Å². The highest BCUT2D eigenvalue weighted by Gasteiger charge is 2.12. The van der Waals surface area contributed by atoms with Crippen molar-refractivity contribution in [1.29, 1.82) is 0 Å². The maximum absolute atomic E-state index is 9.01. The Hall–Kier alpha value is -0.560. The Morgan fingerprint density at radius 1 is 1.58 bits per heavy atom. The highest BCUT2D eigenvalue weighted by Crippen LogP contribution is 2.25. The molecule has 0 aromatic carbocycles. The third-order valence-electron chi connectivity index (χ3n) is 2.30. The average molecular weight is 166 g/mol. The molecule has 0 saturated carbocycles. The summed E-state index contributed by atoms with van der Waals surface area (Å²) in [6.07, 6.45) is 5.47. The second-order valence-corrected chi connectivity index (χ2v) is 3.96. The Labute approximate surface area is 74.8 Å². The molecule has 0 fully saturated rings. The van der Waals surface area contributed by atoms with Gasteiger partial charge in [-0.1, -0.05) is 32.9 Å². The number of hydrogen-bond donors (Lipinski definition) is 1. The third kappa shape index (κ3) is 2.21. The van der Waals surface area contributed by atoms with E-state index in [0.717, 1.165) is 6.42 Å². The topological polar surface area (TPSA) is 20.2 Å². The number of aliphatic hydroxyl groups excluding tert-OH is 1. The van der Waals surface area contributed by atoms with Gasteiger partial charge in [0.15, 0.2) is 0 Å². The first-order chi connectivity index (χ1) is 5.63. The van der Waals surface area contributed by atoms with Crippen LogP contribution in [-0.4, -0.2) is 11.7 Å². The van der Waals surface area contributed by atoms with Crippen molar-refractivity contribution in [3.05, 3.63) is 23.3 Å². The Kier molecular flexibility index (Phi) is 3.10. The Morgan fingerprint density at radius 3 is 2.75 bits per heavy atom. The molecule has 0 amide bonds. The summed E-state index contributed by atoms with van der Waals surface area (Å²) in [4.78, 5) is 0. The molecule has 0 heterocycles. The van der Waals surface area contributed by atoms with E-state index in [2.05, 4.69) is 32.9 Å². The molecule has 0 aromatic heterocycles. The van der Waals surface area contributed by atoms with Crippen LogP contribution in [0.3, 0.4) is 0 Å². The molecule has 0 aliphatic heterocycles. The molecule has 12 heavy (non-hydrogen) atoms. The zero-order chi connectivity index (χ0) is 9.14. The Morgan fingerprint density at radius 2 is 2.25 bits per heavy atom. The minimum absolute atomic E-state index is 0.217. The van der Waals surface area contributed by atoms with Gasteiger partial charge in [-0.15, -0.1) is 0 Å². The van der Waals surface area contributed by atoms with Gasteiger partial charge in [-0.05, 0) is 29.4 Å². The van der Waals surface area contributed by atoms with Crippen molar-refractivity contribution in [2.24, 2.45) is 11.8 Å². The van der Waals surface area contributed by atoms with Crippen LogP contribution in [0.2, 0.25) is 0 Å². The van der Waals surface area contributed by atoms with Gasteiger partial charge in [-0.2, -0.15) is 0 Å². The van der Waals surface area contributed by atoms with Crippen LogP contribution < -0.4 is 0 Å². The van der Waals surface area contributed by atoms with Gasteiger partial charge < -0.3 is 5.11 Å². The van der Waals surface area contributed by atoms with Gasteiger partial charge in [0, 0.05) is 0 Å². The summed E-state index contributed by atoms with van der Waals surface area (Å²) in [7, 11) is 0. The fourth-order valence-electron chi connectivity index (χ4n) is 1.61. The molecule has 0 bridgehead atoms. The van der Waals surface area contributed by atoms with E-state index in [1.54, 1.807) is 0 Å². The molecule has 1 N–H and O–H groups in total. The first-order valence-electron chi connectivity index (χ1n) is 4.65. The molecule has 1 aliphatic rings. The molecular weight excluding hydrogens is 148 g/mol. The van der Waals surface area contributed by atoms with Crippen molar-refractivity contribution in [1.82, 2.24) is 0 Å². The van der Waals surface area contributed by atoms with Crippen molar-refractivity contribution < 1.29 is 5.11 Å². The zero-order valence-corrected chi connectivity index (χ0v) is 8.17. The Balaban J connectivity index is 2.79. The molecule has 0 aromatic rings. The summed E-state index contributed by atoms with van der Waals surface area (Å²) >= 11 is 0. The zero-order valence-electron chi connectivity index (χ0n) is 8.17. The first kappa shape index (κ1) is 9.53. The predicted octanol–water partition coefficient (Wildman–Crippen LogP) is 2.53. The third-order valence-corrected chi connectivity index (χ3v) is 2.30. The minimum Gasteiger partial charge on any atom is -0.392 e. The number of aliphatic hydroxyl groups is 1.